The minimum Gasteiger partial charge on any atom is -0.494 e. The van der Waals surface area contributed by atoms with E-state index in [0.717, 1.165) is 23.5 Å². The molecule has 4 nitrogen and oxygen atoms in total. The van der Waals surface area contributed by atoms with E-state index in [2.05, 4.69) is 44.9 Å². The van der Waals surface area contributed by atoms with Crippen LogP contribution in [0.25, 0.3) is 0 Å². The summed E-state index contributed by atoms with van der Waals surface area (Å²) in [6.45, 7) is 9.68. The summed E-state index contributed by atoms with van der Waals surface area (Å²) in [7, 11) is 2.11. The standard InChI is InChI=1S/C17H28N2O2/c1-6-20-17-8-13-7-12(4)21-16(13)9-14(17)15(10-18)19(5)11(2)3/h8-9,11-12,15H,6-7,10,18H2,1-5H3. The summed E-state index contributed by atoms with van der Waals surface area (Å²) in [5.74, 6) is 1.92. The Balaban J connectivity index is 2.43. The van der Waals surface area contributed by atoms with E-state index in [-0.39, 0.29) is 12.1 Å². The molecule has 0 saturated heterocycles. The summed E-state index contributed by atoms with van der Waals surface area (Å²) in [6.07, 6.45) is 1.19. The lowest BCUT2D eigenvalue weighted by atomic mass is 9.99. The van der Waals surface area contributed by atoms with E-state index >= 15 is 0 Å². The zero-order valence-corrected chi connectivity index (χ0v) is 13.8. The Morgan fingerprint density at radius 2 is 2.14 bits per heavy atom. The number of nitrogens with two attached hydrogens (primary N) is 1. The van der Waals surface area contributed by atoms with Gasteiger partial charge in [0.2, 0.25) is 0 Å². The van der Waals surface area contributed by atoms with Gasteiger partial charge in [-0.2, -0.15) is 0 Å². The van der Waals surface area contributed by atoms with Gasteiger partial charge in [0.05, 0.1) is 12.6 Å². The van der Waals surface area contributed by atoms with Gasteiger partial charge < -0.3 is 15.2 Å². The molecule has 1 aromatic rings. The van der Waals surface area contributed by atoms with E-state index in [1.165, 1.54) is 5.56 Å². The first-order valence-corrected chi connectivity index (χ1v) is 7.86. The van der Waals surface area contributed by atoms with Crippen LogP contribution in [0, 0.1) is 0 Å². The van der Waals surface area contributed by atoms with Crippen molar-refractivity contribution in [2.24, 2.45) is 5.73 Å². The molecular weight excluding hydrogens is 264 g/mol. The molecule has 2 rings (SSSR count). The molecule has 1 aliphatic heterocycles. The molecule has 2 unspecified atom stereocenters. The smallest absolute Gasteiger partial charge is 0.124 e. The molecule has 21 heavy (non-hydrogen) atoms. The van der Waals surface area contributed by atoms with Crippen LogP contribution < -0.4 is 15.2 Å². The van der Waals surface area contributed by atoms with Crippen molar-refractivity contribution in [3.8, 4) is 11.5 Å². The quantitative estimate of drug-likeness (QED) is 0.876. The van der Waals surface area contributed by atoms with E-state index in [1.54, 1.807) is 0 Å². The molecule has 1 heterocycles. The van der Waals surface area contributed by atoms with Gasteiger partial charge in [-0.3, -0.25) is 4.90 Å². The summed E-state index contributed by atoms with van der Waals surface area (Å²) in [5, 5.41) is 0. The largest absolute Gasteiger partial charge is 0.494 e. The van der Waals surface area contributed by atoms with Gasteiger partial charge in [0, 0.05) is 30.1 Å². The summed E-state index contributed by atoms with van der Waals surface area (Å²) < 4.78 is 11.8. The fraction of sp³-hybridized carbons (Fsp3) is 0.647. The van der Waals surface area contributed by atoms with Gasteiger partial charge in [0.1, 0.15) is 17.6 Å². The number of nitrogens with zero attached hydrogens (tertiary/aromatic N) is 1. The highest BCUT2D eigenvalue weighted by molar-refractivity contribution is 5.50. The minimum atomic E-state index is 0.136. The van der Waals surface area contributed by atoms with Crippen molar-refractivity contribution >= 4 is 0 Å². The van der Waals surface area contributed by atoms with E-state index in [1.807, 2.05) is 6.92 Å². The Hall–Kier alpha value is -1.26. The zero-order chi connectivity index (χ0) is 15.6. The van der Waals surface area contributed by atoms with Crippen molar-refractivity contribution < 1.29 is 9.47 Å². The molecule has 0 bridgehead atoms. The Morgan fingerprint density at radius 1 is 1.43 bits per heavy atom. The van der Waals surface area contributed by atoms with Gasteiger partial charge in [-0.15, -0.1) is 0 Å². The number of fused-ring (bicyclic) bond motifs is 1. The Morgan fingerprint density at radius 3 is 2.71 bits per heavy atom. The molecule has 0 aliphatic carbocycles. The average Bonchev–Trinajstić information content (AvgIpc) is 2.79. The van der Waals surface area contributed by atoms with Crippen LogP contribution in [0.15, 0.2) is 12.1 Å². The maximum atomic E-state index is 6.04. The molecule has 0 saturated carbocycles. The Bertz CT molecular complexity index is 488. The molecular formula is C17H28N2O2. The molecule has 0 aromatic heterocycles. The summed E-state index contributed by atoms with van der Waals surface area (Å²) in [6, 6.07) is 4.81. The van der Waals surface area contributed by atoms with Crippen molar-refractivity contribution in [3.05, 3.63) is 23.3 Å². The SMILES string of the molecule is CCOc1cc2c(cc1C(CN)N(C)C(C)C)OC(C)C2. The predicted octanol–water partition coefficient (Wildman–Crippen LogP) is 2.75. The average molecular weight is 292 g/mol. The second-order valence-electron chi connectivity index (χ2n) is 6.07. The number of hydrogen-bond donors (Lipinski definition) is 1. The van der Waals surface area contributed by atoms with Crippen LogP contribution in [0.3, 0.4) is 0 Å². The summed E-state index contributed by atoms with van der Waals surface area (Å²) in [5.41, 5.74) is 8.41. The molecule has 1 aromatic carbocycles. The molecule has 1 aliphatic rings. The summed E-state index contributed by atoms with van der Waals surface area (Å²) >= 11 is 0. The van der Waals surface area contributed by atoms with Crippen LogP contribution >= 0.6 is 0 Å². The molecule has 2 atom stereocenters. The van der Waals surface area contributed by atoms with Gasteiger partial charge in [0.25, 0.3) is 0 Å². The number of ether oxygens (including phenoxy) is 2. The number of rotatable bonds is 6. The molecule has 118 valence electrons. The fourth-order valence-corrected chi connectivity index (χ4v) is 2.87. The topological polar surface area (TPSA) is 47.7 Å². The highest BCUT2D eigenvalue weighted by Gasteiger charge is 2.27. The molecule has 2 N–H and O–H groups in total. The molecule has 0 spiro atoms. The molecule has 4 heteroatoms. The van der Waals surface area contributed by atoms with Crippen LogP contribution in [-0.2, 0) is 6.42 Å². The number of likely N-dealkylation sites (N-methyl/N-ethyl adjacent to an activating group) is 1. The third-order valence-corrected chi connectivity index (χ3v) is 4.22. The second kappa shape index (κ2) is 6.67. The third-order valence-electron chi connectivity index (χ3n) is 4.22. The van der Waals surface area contributed by atoms with E-state index in [0.29, 0.717) is 19.2 Å². The molecule has 0 radical (unpaired) electrons. The van der Waals surface area contributed by atoms with E-state index < -0.39 is 0 Å². The molecule has 0 fully saturated rings. The first kappa shape index (κ1) is 16.1. The maximum absolute atomic E-state index is 6.04. The lowest BCUT2D eigenvalue weighted by Crippen LogP contribution is -2.35. The van der Waals surface area contributed by atoms with Crippen LogP contribution in [0.5, 0.6) is 11.5 Å². The van der Waals surface area contributed by atoms with Crippen molar-refractivity contribution in [1.29, 1.82) is 0 Å². The number of hydrogen-bond acceptors (Lipinski definition) is 4. The van der Waals surface area contributed by atoms with Crippen molar-refractivity contribution in [1.82, 2.24) is 4.90 Å². The van der Waals surface area contributed by atoms with Crippen LogP contribution in [0.2, 0.25) is 0 Å². The predicted molar refractivity (Wildman–Crippen MR) is 86.1 cm³/mol. The number of benzene rings is 1. The van der Waals surface area contributed by atoms with Gasteiger partial charge >= 0.3 is 0 Å². The van der Waals surface area contributed by atoms with Crippen LogP contribution in [-0.4, -0.2) is 37.2 Å². The summed E-state index contributed by atoms with van der Waals surface area (Å²) in [4.78, 5) is 2.28. The highest BCUT2D eigenvalue weighted by atomic mass is 16.5. The van der Waals surface area contributed by atoms with Crippen molar-refractivity contribution in [2.45, 2.75) is 52.3 Å². The Labute approximate surface area is 128 Å². The minimum absolute atomic E-state index is 0.136. The zero-order valence-electron chi connectivity index (χ0n) is 13.8. The monoisotopic (exact) mass is 292 g/mol. The maximum Gasteiger partial charge on any atom is 0.124 e. The normalized spacial score (nSPS) is 18.8. The fourth-order valence-electron chi connectivity index (χ4n) is 2.87. The van der Waals surface area contributed by atoms with Gasteiger partial charge in [-0.05, 0) is 46.9 Å². The van der Waals surface area contributed by atoms with Gasteiger partial charge in [0.15, 0.2) is 0 Å². The highest BCUT2D eigenvalue weighted by Crippen LogP contribution is 2.39. The first-order valence-electron chi connectivity index (χ1n) is 7.86. The van der Waals surface area contributed by atoms with Crippen LogP contribution in [0.4, 0.5) is 0 Å². The molecule has 0 amide bonds. The first-order chi connectivity index (χ1) is 9.97. The third kappa shape index (κ3) is 3.33. The van der Waals surface area contributed by atoms with Crippen molar-refractivity contribution in [3.63, 3.8) is 0 Å². The van der Waals surface area contributed by atoms with Crippen molar-refractivity contribution in [2.75, 3.05) is 20.2 Å². The second-order valence-corrected chi connectivity index (χ2v) is 6.07. The lowest BCUT2D eigenvalue weighted by Gasteiger charge is -2.32. The van der Waals surface area contributed by atoms with E-state index in [4.69, 9.17) is 15.2 Å². The van der Waals surface area contributed by atoms with Gasteiger partial charge in [-0.25, -0.2) is 0 Å². The van der Waals surface area contributed by atoms with Gasteiger partial charge in [-0.1, -0.05) is 0 Å². The lowest BCUT2D eigenvalue weighted by molar-refractivity contribution is 0.195. The Kier molecular flexibility index (Phi) is 5.12. The van der Waals surface area contributed by atoms with E-state index in [9.17, 15) is 0 Å². The van der Waals surface area contributed by atoms with Crippen LogP contribution in [0.1, 0.15) is 44.9 Å².